The van der Waals surface area contributed by atoms with E-state index in [9.17, 15) is 13.2 Å². The van der Waals surface area contributed by atoms with Crippen LogP contribution in [0, 0.1) is 0 Å². The van der Waals surface area contributed by atoms with Gasteiger partial charge in [0.25, 0.3) is 15.9 Å². The number of carbonyl (C=O) groups excluding carboxylic acids is 1. The number of benzene rings is 3. The lowest BCUT2D eigenvalue weighted by atomic mass is 10.2. The normalized spacial score (nSPS) is 11.0. The standard InChI is InChI=1S/C23H20N4O6S/c1-31-18-8-6-15(7-9-18)22-25-26-23(33-22)24-21(28)16-4-3-5-17(14-16)27-34(29,30)20-12-10-19(32-2)11-13-20/h3-14,27H,1-2H3,(H,24,26,28). The fourth-order valence-corrected chi connectivity index (χ4v) is 4.04. The average molecular weight is 481 g/mol. The Kier molecular flexibility index (Phi) is 6.46. The van der Waals surface area contributed by atoms with E-state index in [1.165, 1.54) is 37.4 Å². The van der Waals surface area contributed by atoms with Gasteiger partial charge in [-0.05, 0) is 66.7 Å². The number of nitrogens with zero attached hydrogens (tertiary/aromatic N) is 2. The van der Waals surface area contributed by atoms with Crippen LogP contribution in [0.25, 0.3) is 11.5 Å². The summed E-state index contributed by atoms with van der Waals surface area (Å²) >= 11 is 0. The Labute approximate surface area is 195 Å². The molecule has 3 aromatic carbocycles. The Bertz CT molecular complexity index is 1400. The molecule has 10 nitrogen and oxygen atoms in total. The molecule has 1 aromatic heterocycles. The number of nitrogens with one attached hydrogen (secondary N) is 2. The maximum atomic E-state index is 12.7. The number of anilines is 2. The van der Waals surface area contributed by atoms with E-state index in [-0.39, 0.29) is 28.1 Å². The molecule has 0 fully saturated rings. The summed E-state index contributed by atoms with van der Waals surface area (Å²) in [6.45, 7) is 0. The monoisotopic (exact) mass is 480 g/mol. The molecule has 0 spiro atoms. The van der Waals surface area contributed by atoms with Crippen LogP contribution in [0.15, 0.2) is 82.1 Å². The molecule has 0 saturated heterocycles. The zero-order chi connectivity index (χ0) is 24.1. The smallest absolute Gasteiger partial charge is 0.322 e. The summed E-state index contributed by atoms with van der Waals surface area (Å²) < 4.78 is 43.4. The van der Waals surface area contributed by atoms with E-state index < -0.39 is 15.9 Å². The third-order valence-electron chi connectivity index (χ3n) is 4.73. The molecule has 0 aliphatic heterocycles. The van der Waals surface area contributed by atoms with Crippen LogP contribution in [0.2, 0.25) is 0 Å². The third-order valence-corrected chi connectivity index (χ3v) is 6.13. The second kappa shape index (κ2) is 9.63. The Balaban J connectivity index is 1.46. The van der Waals surface area contributed by atoms with Crippen LogP contribution in [0.4, 0.5) is 11.7 Å². The van der Waals surface area contributed by atoms with Gasteiger partial charge in [-0.15, -0.1) is 5.10 Å². The number of rotatable bonds is 8. The lowest BCUT2D eigenvalue weighted by Gasteiger charge is -2.10. The minimum atomic E-state index is -3.86. The topological polar surface area (TPSA) is 133 Å². The van der Waals surface area contributed by atoms with Crippen molar-refractivity contribution in [1.29, 1.82) is 0 Å². The van der Waals surface area contributed by atoms with Crippen LogP contribution in [0.3, 0.4) is 0 Å². The molecule has 2 N–H and O–H groups in total. The molecule has 4 aromatic rings. The van der Waals surface area contributed by atoms with Gasteiger partial charge in [0.15, 0.2) is 0 Å². The lowest BCUT2D eigenvalue weighted by Crippen LogP contribution is -2.15. The molecular weight excluding hydrogens is 460 g/mol. The molecular formula is C23H20N4O6S. The highest BCUT2D eigenvalue weighted by Crippen LogP contribution is 2.23. The Morgan fingerprint density at radius 2 is 1.53 bits per heavy atom. The first kappa shape index (κ1) is 22.8. The van der Waals surface area contributed by atoms with Gasteiger partial charge < -0.3 is 13.9 Å². The molecule has 34 heavy (non-hydrogen) atoms. The quantitative estimate of drug-likeness (QED) is 0.389. The maximum Gasteiger partial charge on any atom is 0.322 e. The molecule has 11 heteroatoms. The molecule has 0 unspecified atom stereocenters. The average Bonchev–Trinajstić information content (AvgIpc) is 3.32. The third kappa shape index (κ3) is 5.15. The van der Waals surface area contributed by atoms with Crippen molar-refractivity contribution >= 4 is 27.6 Å². The molecule has 0 bridgehead atoms. The van der Waals surface area contributed by atoms with Crippen molar-refractivity contribution in [2.24, 2.45) is 0 Å². The molecule has 4 rings (SSSR count). The second-order valence-electron chi connectivity index (χ2n) is 6.96. The van der Waals surface area contributed by atoms with Crippen LogP contribution in [0.5, 0.6) is 11.5 Å². The molecule has 0 aliphatic carbocycles. The minimum Gasteiger partial charge on any atom is -0.497 e. The Morgan fingerprint density at radius 1 is 0.882 bits per heavy atom. The van der Waals surface area contributed by atoms with E-state index in [1.54, 1.807) is 49.6 Å². The van der Waals surface area contributed by atoms with Gasteiger partial charge >= 0.3 is 6.01 Å². The highest BCUT2D eigenvalue weighted by atomic mass is 32.2. The van der Waals surface area contributed by atoms with Crippen LogP contribution >= 0.6 is 0 Å². The zero-order valence-electron chi connectivity index (χ0n) is 18.2. The van der Waals surface area contributed by atoms with Gasteiger partial charge in [0.2, 0.25) is 5.89 Å². The van der Waals surface area contributed by atoms with Crippen molar-refractivity contribution in [2.45, 2.75) is 4.90 Å². The van der Waals surface area contributed by atoms with Crippen LogP contribution < -0.4 is 19.5 Å². The van der Waals surface area contributed by atoms with Crippen molar-refractivity contribution in [3.05, 3.63) is 78.4 Å². The van der Waals surface area contributed by atoms with Crippen molar-refractivity contribution in [3.8, 4) is 23.0 Å². The van der Waals surface area contributed by atoms with E-state index in [0.29, 0.717) is 17.1 Å². The number of carbonyl (C=O) groups is 1. The molecule has 1 heterocycles. The number of hydrogen-bond acceptors (Lipinski definition) is 8. The lowest BCUT2D eigenvalue weighted by molar-refractivity contribution is 0.102. The van der Waals surface area contributed by atoms with E-state index >= 15 is 0 Å². The highest BCUT2D eigenvalue weighted by molar-refractivity contribution is 7.92. The van der Waals surface area contributed by atoms with E-state index in [0.717, 1.165) is 0 Å². The molecule has 0 atom stereocenters. The number of aromatic nitrogens is 2. The number of sulfonamides is 1. The van der Waals surface area contributed by atoms with E-state index in [4.69, 9.17) is 13.9 Å². The number of hydrogen-bond donors (Lipinski definition) is 2. The van der Waals surface area contributed by atoms with Crippen molar-refractivity contribution in [2.75, 3.05) is 24.3 Å². The molecule has 174 valence electrons. The van der Waals surface area contributed by atoms with Crippen molar-refractivity contribution < 1.29 is 27.1 Å². The molecule has 0 radical (unpaired) electrons. The Morgan fingerprint density at radius 3 is 2.18 bits per heavy atom. The summed E-state index contributed by atoms with van der Waals surface area (Å²) in [5.41, 5.74) is 1.07. The van der Waals surface area contributed by atoms with E-state index in [1.807, 2.05) is 0 Å². The Hall–Kier alpha value is -4.38. The predicted octanol–water partition coefficient (Wildman–Crippen LogP) is 3.81. The number of ether oxygens (including phenoxy) is 2. The van der Waals surface area contributed by atoms with Gasteiger partial charge in [0, 0.05) is 16.8 Å². The predicted molar refractivity (Wildman–Crippen MR) is 124 cm³/mol. The minimum absolute atomic E-state index is 0.0556. The van der Waals surface area contributed by atoms with Gasteiger partial charge in [-0.2, -0.15) is 0 Å². The summed E-state index contributed by atoms with van der Waals surface area (Å²) in [6.07, 6.45) is 0. The van der Waals surface area contributed by atoms with Gasteiger partial charge in [-0.1, -0.05) is 11.2 Å². The molecule has 0 saturated carbocycles. The first-order chi connectivity index (χ1) is 16.4. The highest BCUT2D eigenvalue weighted by Gasteiger charge is 2.17. The number of amides is 1. The zero-order valence-corrected chi connectivity index (χ0v) is 19.0. The summed E-state index contributed by atoms with van der Waals surface area (Å²) in [7, 11) is -0.803. The van der Waals surface area contributed by atoms with E-state index in [2.05, 4.69) is 20.2 Å². The van der Waals surface area contributed by atoms with Crippen LogP contribution in [0.1, 0.15) is 10.4 Å². The summed E-state index contributed by atoms with van der Waals surface area (Å²) in [5.74, 6) is 0.891. The van der Waals surface area contributed by atoms with Gasteiger partial charge in [-0.25, -0.2) is 8.42 Å². The largest absolute Gasteiger partial charge is 0.497 e. The van der Waals surface area contributed by atoms with Gasteiger partial charge in [-0.3, -0.25) is 14.8 Å². The first-order valence-corrected chi connectivity index (χ1v) is 11.4. The maximum absolute atomic E-state index is 12.7. The van der Waals surface area contributed by atoms with Crippen LogP contribution in [-0.4, -0.2) is 38.7 Å². The second-order valence-corrected chi connectivity index (χ2v) is 8.64. The fraction of sp³-hybridized carbons (Fsp3) is 0.0870. The number of methoxy groups -OCH3 is 2. The SMILES string of the molecule is COc1ccc(-c2nnc(NC(=O)c3cccc(NS(=O)(=O)c4ccc(OC)cc4)c3)o2)cc1. The molecule has 0 aliphatic rings. The van der Waals surface area contributed by atoms with Crippen LogP contribution in [-0.2, 0) is 10.0 Å². The first-order valence-electron chi connectivity index (χ1n) is 9.94. The van der Waals surface area contributed by atoms with Crippen molar-refractivity contribution in [1.82, 2.24) is 10.2 Å². The van der Waals surface area contributed by atoms with Crippen molar-refractivity contribution in [3.63, 3.8) is 0 Å². The van der Waals surface area contributed by atoms with Gasteiger partial charge in [0.1, 0.15) is 11.5 Å². The fourth-order valence-electron chi connectivity index (χ4n) is 2.99. The summed E-state index contributed by atoms with van der Waals surface area (Å²) in [6, 6.07) is 18.8. The summed E-state index contributed by atoms with van der Waals surface area (Å²) in [5, 5.41) is 10.3. The molecule has 1 amide bonds. The van der Waals surface area contributed by atoms with Gasteiger partial charge in [0.05, 0.1) is 19.1 Å². The summed E-state index contributed by atoms with van der Waals surface area (Å²) in [4.78, 5) is 12.7.